The maximum absolute atomic E-state index is 12.1. The fourth-order valence-electron chi connectivity index (χ4n) is 3.32. The molecule has 0 heterocycles. The van der Waals surface area contributed by atoms with Gasteiger partial charge in [0.1, 0.15) is 36.2 Å². The van der Waals surface area contributed by atoms with E-state index < -0.39 is 6.09 Å². The predicted octanol–water partition coefficient (Wildman–Crippen LogP) is 6.55. The van der Waals surface area contributed by atoms with E-state index in [2.05, 4.69) is 5.32 Å². The second-order valence-electron chi connectivity index (χ2n) is 7.84. The monoisotopic (exact) mass is 435 g/mol. The summed E-state index contributed by atoms with van der Waals surface area (Å²) < 4.78 is 16.8. The number of carbonyl (C=O) groups excluding carboxylic acids is 1. The van der Waals surface area contributed by atoms with Crippen LogP contribution in [0, 0.1) is 13.8 Å². The average Bonchev–Trinajstić information content (AvgIpc) is 2.75. The molecule has 0 aliphatic rings. The van der Waals surface area contributed by atoms with Crippen molar-refractivity contribution in [2.45, 2.75) is 33.6 Å². The maximum atomic E-state index is 12.1. The Morgan fingerprint density at radius 1 is 0.938 bits per heavy atom. The summed E-state index contributed by atoms with van der Waals surface area (Å²) in [6.07, 6.45) is -0.547. The molecule has 0 aliphatic carbocycles. The number of nitrogens with one attached hydrogen (secondary N) is 1. The number of carbonyl (C=O) groups is 1. The second kappa shape index (κ2) is 10.6. The molecule has 2 N–H and O–H groups in total. The minimum atomic E-state index is -0.547. The number of aromatic hydroxyl groups is 1. The Hall–Kier alpha value is -3.67. The Morgan fingerprint density at radius 2 is 1.62 bits per heavy atom. The summed E-state index contributed by atoms with van der Waals surface area (Å²) in [6, 6.07) is 18.2. The normalized spacial score (nSPS) is 10.7. The molecule has 3 aromatic carbocycles. The van der Waals surface area contributed by atoms with Crippen molar-refractivity contribution in [3.63, 3.8) is 0 Å². The Labute approximate surface area is 188 Å². The molecule has 0 saturated carbocycles. The highest BCUT2D eigenvalue weighted by Gasteiger charge is 2.13. The zero-order chi connectivity index (χ0) is 23.1. The van der Waals surface area contributed by atoms with Crippen LogP contribution in [0.4, 0.5) is 10.5 Å². The Kier molecular flexibility index (Phi) is 7.60. The summed E-state index contributed by atoms with van der Waals surface area (Å²) >= 11 is 0. The first-order chi connectivity index (χ1) is 15.3. The summed E-state index contributed by atoms with van der Waals surface area (Å²) in [5.41, 5.74) is 3.18. The number of anilines is 1. The molecule has 0 unspecified atom stereocenters. The number of phenolic OH excluding ortho intramolecular Hbond substituents is 1. The van der Waals surface area contributed by atoms with Gasteiger partial charge in [-0.2, -0.15) is 0 Å². The van der Waals surface area contributed by atoms with Crippen LogP contribution in [0.2, 0.25) is 0 Å². The van der Waals surface area contributed by atoms with Gasteiger partial charge in [-0.25, -0.2) is 4.79 Å². The summed E-state index contributed by atoms with van der Waals surface area (Å²) in [7, 11) is 0. The van der Waals surface area contributed by atoms with E-state index in [0.717, 1.165) is 22.4 Å². The molecular weight excluding hydrogens is 406 g/mol. The second-order valence-corrected chi connectivity index (χ2v) is 7.84. The van der Waals surface area contributed by atoms with E-state index in [0.29, 0.717) is 17.2 Å². The van der Waals surface area contributed by atoms with Crippen LogP contribution in [0.5, 0.6) is 23.0 Å². The Bertz CT molecular complexity index is 1040. The molecule has 6 nitrogen and oxygen atoms in total. The lowest BCUT2D eigenvalue weighted by Gasteiger charge is -2.16. The van der Waals surface area contributed by atoms with Crippen LogP contribution in [0.1, 0.15) is 36.5 Å². The van der Waals surface area contributed by atoms with Crippen LogP contribution >= 0.6 is 0 Å². The summed E-state index contributed by atoms with van der Waals surface area (Å²) in [5, 5.41) is 12.8. The smallest absolute Gasteiger partial charge is 0.411 e. The maximum Gasteiger partial charge on any atom is 0.411 e. The van der Waals surface area contributed by atoms with Gasteiger partial charge in [0.15, 0.2) is 0 Å². The van der Waals surface area contributed by atoms with Crippen molar-refractivity contribution in [3.05, 3.63) is 77.4 Å². The van der Waals surface area contributed by atoms with Crippen molar-refractivity contribution in [3.8, 4) is 23.0 Å². The third kappa shape index (κ3) is 6.17. The third-order valence-corrected chi connectivity index (χ3v) is 4.88. The van der Waals surface area contributed by atoms with Crippen molar-refractivity contribution in [1.29, 1.82) is 0 Å². The number of benzene rings is 3. The third-order valence-electron chi connectivity index (χ3n) is 4.88. The van der Waals surface area contributed by atoms with Crippen molar-refractivity contribution in [1.82, 2.24) is 0 Å². The Balaban J connectivity index is 1.58. The minimum Gasteiger partial charge on any atom is -0.508 e. The molecule has 168 valence electrons. The van der Waals surface area contributed by atoms with Gasteiger partial charge in [0.25, 0.3) is 0 Å². The van der Waals surface area contributed by atoms with E-state index in [1.165, 1.54) is 0 Å². The largest absolute Gasteiger partial charge is 0.508 e. The van der Waals surface area contributed by atoms with Gasteiger partial charge in [-0.3, -0.25) is 5.32 Å². The molecule has 0 spiro atoms. The van der Waals surface area contributed by atoms with E-state index in [1.54, 1.807) is 12.1 Å². The van der Waals surface area contributed by atoms with Crippen LogP contribution in [-0.2, 0) is 4.74 Å². The number of hydrogen-bond donors (Lipinski definition) is 2. The average molecular weight is 436 g/mol. The highest BCUT2D eigenvalue weighted by Crippen LogP contribution is 2.35. The standard InChI is InChI=1S/C26H29NO5/c1-17(2)23-16-22(10-11-24(23)28)32-25-18(3)14-20(15-19(25)4)27-26(29)31-13-12-30-21-8-6-5-7-9-21/h5-11,14-17,28H,12-13H2,1-4H3,(H,27,29). The van der Waals surface area contributed by atoms with Gasteiger partial charge in [-0.1, -0.05) is 32.0 Å². The number of rotatable bonds is 8. The summed E-state index contributed by atoms with van der Waals surface area (Å²) in [4.78, 5) is 12.1. The lowest BCUT2D eigenvalue weighted by atomic mass is 10.0. The van der Waals surface area contributed by atoms with Gasteiger partial charge in [0, 0.05) is 11.3 Å². The zero-order valence-corrected chi connectivity index (χ0v) is 18.8. The lowest BCUT2D eigenvalue weighted by Crippen LogP contribution is -2.17. The van der Waals surface area contributed by atoms with Crippen molar-refractivity contribution < 1.29 is 24.1 Å². The zero-order valence-electron chi connectivity index (χ0n) is 18.8. The molecular formula is C26H29NO5. The molecule has 0 fully saturated rings. The minimum absolute atomic E-state index is 0.138. The molecule has 0 radical (unpaired) electrons. The molecule has 0 aliphatic heterocycles. The molecule has 0 saturated heterocycles. The highest BCUT2D eigenvalue weighted by molar-refractivity contribution is 5.85. The molecule has 0 bridgehead atoms. The predicted molar refractivity (Wildman–Crippen MR) is 125 cm³/mol. The lowest BCUT2D eigenvalue weighted by molar-refractivity contribution is 0.138. The van der Waals surface area contributed by atoms with Crippen LogP contribution in [-0.4, -0.2) is 24.4 Å². The first-order valence-electron chi connectivity index (χ1n) is 10.6. The number of aryl methyl sites for hydroxylation is 2. The molecule has 3 aromatic rings. The number of phenols is 1. The van der Waals surface area contributed by atoms with E-state index in [1.807, 2.05) is 76.2 Å². The van der Waals surface area contributed by atoms with Crippen LogP contribution in [0.15, 0.2) is 60.7 Å². The van der Waals surface area contributed by atoms with E-state index >= 15 is 0 Å². The fraction of sp³-hybridized carbons (Fsp3) is 0.269. The van der Waals surface area contributed by atoms with Gasteiger partial charge in [-0.05, 0) is 73.4 Å². The molecule has 0 atom stereocenters. The number of amides is 1. The highest BCUT2D eigenvalue weighted by atomic mass is 16.6. The van der Waals surface area contributed by atoms with Crippen molar-refractivity contribution >= 4 is 11.8 Å². The molecule has 3 rings (SSSR count). The number of hydrogen-bond acceptors (Lipinski definition) is 5. The molecule has 0 aromatic heterocycles. The van der Waals surface area contributed by atoms with Crippen LogP contribution in [0.3, 0.4) is 0 Å². The van der Waals surface area contributed by atoms with Gasteiger partial charge in [0.2, 0.25) is 0 Å². The van der Waals surface area contributed by atoms with Crippen molar-refractivity contribution in [2.24, 2.45) is 0 Å². The molecule has 32 heavy (non-hydrogen) atoms. The SMILES string of the molecule is Cc1cc(NC(=O)OCCOc2ccccc2)cc(C)c1Oc1ccc(O)c(C(C)C)c1. The van der Waals surface area contributed by atoms with Crippen LogP contribution in [0.25, 0.3) is 0 Å². The van der Waals surface area contributed by atoms with Gasteiger partial charge in [-0.15, -0.1) is 0 Å². The summed E-state index contributed by atoms with van der Waals surface area (Å²) in [5.74, 6) is 2.52. The fourth-order valence-corrected chi connectivity index (χ4v) is 3.32. The quantitative estimate of drug-likeness (QED) is 0.392. The van der Waals surface area contributed by atoms with E-state index in [9.17, 15) is 9.90 Å². The molecule has 1 amide bonds. The molecule has 6 heteroatoms. The van der Waals surface area contributed by atoms with E-state index in [4.69, 9.17) is 14.2 Å². The van der Waals surface area contributed by atoms with Gasteiger partial charge in [0.05, 0.1) is 0 Å². The summed E-state index contributed by atoms with van der Waals surface area (Å²) in [6.45, 7) is 8.27. The van der Waals surface area contributed by atoms with Gasteiger partial charge >= 0.3 is 6.09 Å². The Morgan fingerprint density at radius 3 is 2.28 bits per heavy atom. The number of para-hydroxylation sites is 1. The number of ether oxygens (including phenoxy) is 3. The topological polar surface area (TPSA) is 77.0 Å². The first-order valence-corrected chi connectivity index (χ1v) is 10.6. The van der Waals surface area contributed by atoms with Crippen molar-refractivity contribution in [2.75, 3.05) is 18.5 Å². The van der Waals surface area contributed by atoms with Gasteiger partial charge < -0.3 is 19.3 Å². The van der Waals surface area contributed by atoms with E-state index in [-0.39, 0.29) is 24.9 Å². The first kappa shape index (κ1) is 23.0. The van der Waals surface area contributed by atoms with Crippen LogP contribution < -0.4 is 14.8 Å².